The Balaban J connectivity index is 1.52. The third-order valence-corrected chi connectivity index (χ3v) is 5.42. The minimum absolute atomic E-state index is 0.155. The minimum Gasteiger partial charge on any atom is -0.341 e. The Labute approximate surface area is 166 Å². The Hall–Kier alpha value is -3.69. The molecule has 0 saturated heterocycles. The molecule has 0 bridgehead atoms. The van der Waals surface area contributed by atoms with Gasteiger partial charge in [0, 0.05) is 30.8 Å². The molecule has 0 radical (unpaired) electrons. The molecule has 0 aromatic carbocycles. The van der Waals surface area contributed by atoms with E-state index in [9.17, 15) is 0 Å². The zero-order valence-electron chi connectivity index (χ0n) is 15.8. The molecule has 0 amide bonds. The molecule has 5 heterocycles. The molecule has 1 atom stereocenters. The fraction of sp³-hybridized carbons (Fsp3) is 0.316. The summed E-state index contributed by atoms with van der Waals surface area (Å²) in [4.78, 5) is 24.9. The van der Waals surface area contributed by atoms with Crippen molar-refractivity contribution in [3.05, 3.63) is 49.3 Å². The molecule has 1 aliphatic carbocycles. The standard InChI is InChI=1S/C19H18N10/c1-2-14-18-26-24-11-28(18)15-10-23-19(25-17(15)29(14)12-3-4-12)27-8-7-22-16(27)13-9-20-5-6-21-13/h5-12,14H,2-4H2,1H3/t14-/m1/s1. The largest absolute Gasteiger partial charge is 0.341 e. The molecule has 10 heteroatoms. The molecule has 144 valence electrons. The van der Waals surface area contributed by atoms with Crippen molar-refractivity contribution in [2.75, 3.05) is 4.90 Å². The first kappa shape index (κ1) is 16.3. The minimum atomic E-state index is 0.155. The molecule has 1 fully saturated rings. The van der Waals surface area contributed by atoms with E-state index in [1.165, 1.54) is 12.8 Å². The van der Waals surface area contributed by atoms with Gasteiger partial charge in [-0.3, -0.25) is 14.1 Å². The summed E-state index contributed by atoms with van der Waals surface area (Å²) >= 11 is 0. The van der Waals surface area contributed by atoms with E-state index in [2.05, 4.69) is 42.0 Å². The normalized spacial score (nSPS) is 17.8. The quantitative estimate of drug-likeness (QED) is 0.525. The van der Waals surface area contributed by atoms with Gasteiger partial charge in [0.2, 0.25) is 5.95 Å². The summed E-state index contributed by atoms with van der Waals surface area (Å²) < 4.78 is 3.85. The summed E-state index contributed by atoms with van der Waals surface area (Å²) in [6.45, 7) is 2.17. The summed E-state index contributed by atoms with van der Waals surface area (Å²) in [7, 11) is 0. The van der Waals surface area contributed by atoms with Crippen LogP contribution in [-0.2, 0) is 0 Å². The van der Waals surface area contributed by atoms with E-state index < -0.39 is 0 Å². The van der Waals surface area contributed by atoms with Gasteiger partial charge < -0.3 is 4.90 Å². The van der Waals surface area contributed by atoms with Crippen LogP contribution < -0.4 is 4.90 Å². The number of rotatable bonds is 4. The molecule has 2 aliphatic rings. The average molecular weight is 386 g/mol. The van der Waals surface area contributed by atoms with Crippen LogP contribution in [0.15, 0.2) is 43.5 Å². The van der Waals surface area contributed by atoms with Crippen LogP contribution in [0.2, 0.25) is 0 Å². The van der Waals surface area contributed by atoms with Crippen LogP contribution >= 0.6 is 0 Å². The Bertz CT molecular complexity index is 1180. The highest BCUT2D eigenvalue weighted by molar-refractivity contribution is 5.63. The van der Waals surface area contributed by atoms with Gasteiger partial charge in [0.15, 0.2) is 17.5 Å². The van der Waals surface area contributed by atoms with Crippen LogP contribution in [0.4, 0.5) is 5.82 Å². The summed E-state index contributed by atoms with van der Waals surface area (Å²) in [5.74, 6) is 3.07. The second-order valence-electron chi connectivity index (χ2n) is 7.21. The SMILES string of the molecule is CC[C@@H]1c2nncn2-c2cnc(-n3ccnc3-c3cnccn3)nc2N1C1CC1. The lowest BCUT2D eigenvalue weighted by Crippen LogP contribution is -2.37. The first-order valence-electron chi connectivity index (χ1n) is 9.71. The van der Waals surface area contributed by atoms with Gasteiger partial charge in [0.05, 0.1) is 18.4 Å². The van der Waals surface area contributed by atoms with E-state index in [0.717, 1.165) is 23.8 Å². The van der Waals surface area contributed by atoms with Crippen molar-refractivity contribution < 1.29 is 0 Å². The molecule has 4 aromatic rings. The van der Waals surface area contributed by atoms with E-state index in [0.29, 0.717) is 23.5 Å². The molecular weight excluding hydrogens is 368 g/mol. The number of aromatic nitrogens is 9. The predicted molar refractivity (Wildman–Crippen MR) is 104 cm³/mol. The van der Waals surface area contributed by atoms with E-state index >= 15 is 0 Å². The number of imidazole rings is 1. The van der Waals surface area contributed by atoms with Crippen molar-refractivity contribution in [2.45, 2.75) is 38.3 Å². The van der Waals surface area contributed by atoms with Crippen molar-refractivity contribution >= 4 is 5.82 Å². The van der Waals surface area contributed by atoms with Gasteiger partial charge in [-0.15, -0.1) is 10.2 Å². The summed E-state index contributed by atoms with van der Waals surface area (Å²) in [6, 6.07) is 0.636. The fourth-order valence-corrected chi connectivity index (χ4v) is 3.99. The number of hydrogen-bond donors (Lipinski definition) is 0. The first-order chi connectivity index (χ1) is 14.3. The molecule has 1 aliphatic heterocycles. The lowest BCUT2D eigenvalue weighted by Gasteiger charge is -2.37. The molecule has 6 rings (SSSR count). The van der Waals surface area contributed by atoms with Gasteiger partial charge in [-0.25, -0.2) is 15.0 Å². The van der Waals surface area contributed by atoms with E-state index in [-0.39, 0.29) is 6.04 Å². The molecule has 1 saturated carbocycles. The van der Waals surface area contributed by atoms with Gasteiger partial charge in [-0.05, 0) is 19.3 Å². The van der Waals surface area contributed by atoms with Gasteiger partial charge >= 0.3 is 0 Å². The van der Waals surface area contributed by atoms with Gasteiger partial charge in [-0.2, -0.15) is 4.98 Å². The van der Waals surface area contributed by atoms with Crippen LogP contribution in [0.5, 0.6) is 0 Å². The van der Waals surface area contributed by atoms with Crippen molar-refractivity contribution in [3.8, 4) is 23.2 Å². The Kier molecular flexibility index (Phi) is 3.46. The molecule has 0 unspecified atom stereocenters. The molecule has 29 heavy (non-hydrogen) atoms. The Morgan fingerprint density at radius 2 is 1.97 bits per heavy atom. The number of nitrogens with zero attached hydrogens (tertiary/aromatic N) is 10. The van der Waals surface area contributed by atoms with Gasteiger partial charge in [0.25, 0.3) is 0 Å². The van der Waals surface area contributed by atoms with Crippen LogP contribution in [-0.4, -0.2) is 50.3 Å². The maximum absolute atomic E-state index is 4.97. The predicted octanol–water partition coefficient (Wildman–Crippen LogP) is 2.13. The second-order valence-corrected chi connectivity index (χ2v) is 7.21. The van der Waals surface area contributed by atoms with Crippen molar-refractivity contribution in [1.82, 2.24) is 44.3 Å². The summed E-state index contributed by atoms with van der Waals surface area (Å²) in [6.07, 6.45) is 15.4. The second kappa shape index (κ2) is 6.16. The Morgan fingerprint density at radius 3 is 2.76 bits per heavy atom. The average Bonchev–Trinajstić information content (AvgIpc) is 3.27. The molecule has 0 N–H and O–H groups in total. The summed E-state index contributed by atoms with van der Waals surface area (Å²) in [5.41, 5.74) is 1.58. The topological polar surface area (TPSA) is 103 Å². The van der Waals surface area contributed by atoms with Crippen LogP contribution in [0.25, 0.3) is 23.2 Å². The lowest BCUT2D eigenvalue weighted by molar-refractivity contribution is 0.532. The zero-order chi connectivity index (χ0) is 19.4. The van der Waals surface area contributed by atoms with Crippen molar-refractivity contribution in [2.24, 2.45) is 0 Å². The number of fused-ring (bicyclic) bond motifs is 3. The van der Waals surface area contributed by atoms with Gasteiger partial charge in [-0.1, -0.05) is 6.92 Å². The van der Waals surface area contributed by atoms with E-state index in [1.807, 2.05) is 21.5 Å². The first-order valence-corrected chi connectivity index (χ1v) is 9.71. The van der Waals surface area contributed by atoms with E-state index in [4.69, 9.17) is 4.98 Å². The summed E-state index contributed by atoms with van der Waals surface area (Å²) in [5, 5.41) is 8.52. The lowest BCUT2D eigenvalue weighted by atomic mass is 10.1. The smallest absolute Gasteiger partial charge is 0.237 e. The van der Waals surface area contributed by atoms with Gasteiger partial charge in [0.1, 0.15) is 17.7 Å². The molecule has 4 aromatic heterocycles. The third-order valence-electron chi connectivity index (χ3n) is 5.42. The molecule has 0 spiro atoms. The monoisotopic (exact) mass is 386 g/mol. The third kappa shape index (κ3) is 2.45. The fourth-order valence-electron chi connectivity index (χ4n) is 3.99. The maximum atomic E-state index is 4.97. The number of anilines is 1. The van der Waals surface area contributed by atoms with E-state index in [1.54, 1.807) is 31.1 Å². The van der Waals surface area contributed by atoms with Crippen LogP contribution in [0, 0.1) is 0 Å². The zero-order valence-corrected chi connectivity index (χ0v) is 15.8. The highest BCUT2D eigenvalue weighted by Crippen LogP contribution is 2.44. The highest BCUT2D eigenvalue weighted by atomic mass is 15.4. The Morgan fingerprint density at radius 1 is 1.03 bits per heavy atom. The van der Waals surface area contributed by atoms with Crippen LogP contribution in [0.3, 0.4) is 0 Å². The highest BCUT2D eigenvalue weighted by Gasteiger charge is 2.41. The van der Waals surface area contributed by atoms with Crippen LogP contribution in [0.1, 0.15) is 38.1 Å². The molecular formula is C19H18N10. The number of hydrogen-bond acceptors (Lipinski definition) is 8. The van der Waals surface area contributed by atoms with Crippen molar-refractivity contribution in [3.63, 3.8) is 0 Å². The maximum Gasteiger partial charge on any atom is 0.237 e. The molecule has 10 nitrogen and oxygen atoms in total. The van der Waals surface area contributed by atoms with Crippen molar-refractivity contribution in [1.29, 1.82) is 0 Å².